The molecule has 2 heterocycles. The summed E-state index contributed by atoms with van der Waals surface area (Å²) in [5.41, 5.74) is 0. The third-order valence-corrected chi connectivity index (χ3v) is 6.25. The van der Waals surface area contributed by atoms with Gasteiger partial charge in [0.2, 0.25) is 0 Å². The van der Waals surface area contributed by atoms with Gasteiger partial charge in [-0.15, -0.1) is 0 Å². The lowest BCUT2D eigenvalue weighted by molar-refractivity contribution is 0.104. The molecule has 0 aromatic heterocycles. The standard InChI is InChI=1S/C13H17NO3S/c15-11-7-6-9-8-12(13(11)14-9)18(16,17)10-4-2-1-3-5-10/h1-5,9,11-15H,6-8H2/t9?,11-,12?,13?/m0/s1. The molecule has 5 heteroatoms. The Hall–Kier alpha value is -0.910. The van der Waals surface area contributed by atoms with Crippen molar-refractivity contribution in [2.24, 2.45) is 0 Å². The van der Waals surface area contributed by atoms with Crippen LogP contribution in [0.15, 0.2) is 35.2 Å². The zero-order valence-electron chi connectivity index (χ0n) is 9.99. The lowest BCUT2D eigenvalue weighted by Gasteiger charge is -2.28. The Morgan fingerprint density at radius 3 is 2.61 bits per heavy atom. The number of hydrogen-bond acceptors (Lipinski definition) is 4. The molecule has 0 radical (unpaired) electrons. The number of aliphatic hydroxyl groups excluding tert-OH is 1. The summed E-state index contributed by atoms with van der Waals surface area (Å²) in [7, 11) is -3.35. The maximum atomic E-state index is 12.6. The average Bonchev–Trinajstić information content (AvgIpc) is 2.75. The van der Waals surface area contributed by atoms with Gasteiger partial charge >= 0.3 is 0 Å². The Kier molecular flexibility index (Phi) is 2.92. The fraction of sp³-hybridized carbons (Fsp3) is 0.538. The molecular weight excluding hydrogens is 250 g/mol. The molecular formula is C13H17NO3S. The molecule has 2 bridgehead atoms. The molecule has 3 rings (SSSR count). The van der Waals surface area contributed by atoms with Crippen LogP contribution in [-0.2, 0) is 9.84 Å². The number of nitrogens with one attached hydrogen (secondary N) is 1. The van der Waals surface area contributed by atoms with E-state index in [4.69, 9.17) is 0 Å². The van der Waals surface area contributed by atoms with Crippen LogP contribution >= 0.6 is 0 Å². The second kappa shape index (κ2) is 4.33. The quantitative estimate of drug-likeness (QED) is 0.828. The molecule has 18 heavy (non-hydrogen) atoms. The fourth-order valence-electron chi connectivity index (χ4n) is 3.09. The summed E-state index contributed by atoms with van der Waals surface area (Å²) in [6.07, 6.45) is 1.62. The van der Waals surface area contributed by atoms with Gasteiger partial charge in [0.1, 0.15) is 0 Å². The second-order valence-corrected chi connectivity index (χ2v) is 7.33. The van der Waals surface area contributed by atoms with Crippen molar-refractivity contribution in [3.63, 3.8) is 0 Å². The van der Waals surface area contributed by atoms with Crippen LogP contribution in [0.25, 0.3) is 0 Å². The Labute approximate surface area is 107 Å². The largest absolute Gasteiger partial charge is 0.391 e. The van der Waals surface area contributed by atoms with Crippen molar-refractivity contribution in [3.05, 3.63) is 30.3 Å². The van der Waals surface area contributed by atoms with E-state index in [2.05, 4.69) is 5.32 Å². The first-order chi connectivity index (χ1) is 8.59. The van der Waals surface area contributed by atoms with E-state index in [1.165, 1.54) is 0 Å². The van der Waals surface area contributed by atoms with Gasteiger partial charge in [-0.25, -0.2) is 8.42 Å². The number of benzene rings is 1. The highest BCUT2D eigenvalue weighted by atomic mass is 32.2. The first-order valence-electron chi connectivity index (χ1n) is 6.32. The van der Waals surface area contributed by atoms with E-state index in [1.54, 1.807) is 30.3 Å². The maximum Gasteiger partial charge on any atom is 0.182 e. The lowest BCUT2D eigenvalue weighted by Crippen LogP contribution is -2.48. The molecule has 2 N–H and O–H groups in total. The summed E-state index contributed by atoms with van der Waals surface area (Å²) < 4.78 is 25.1. The summed E-state index contributed by atoms with van der Waals surface area (Å²) in [6.45, 7) is 0. The lowest BCUT2D eigenvalue weighted by atomic mass is 10.0. The topological polar surface area (TPSA) is 66.4 Å². The number of hydrogen-bond donors (Lipinski definition) is 2. The van der Waals surface area contributed by atoms with E-state index in [1.807, 2.05) is 0 Å². The van der Waals surface area contributed by atoms with Crippen LogP contribution in [0.5, 0.6) is 0 Å². The Morgan fingerprint density at radius 2 is 1.89 bits per heavy atom. The van der Waals surface area contributed by atoms with E-state index in [0.717, 1.165) is 6.42 Å². The molecule has 0 aliphatic carbocycles. The minimum atomic E-state index is -3.35. The van der Waals surface area contributed by atoms with Crippen LogP contribution in [0.1, 0.15) is 19.3 Å². The van der Waals surface area contributed by atoms with E-state index in [9.17, 15) is 13.5 Å². The monoisotopic (exact) mass is 267 g/mol. The molecule has 2 fully saturated rings. The van der Waals surface area contributed by atoms with Crippen LogP contribution < -0.4 is 5.32 Å². The average molecular weight is 267 g/mol. The van der Waals surface area contributed by atoms with Crippen LogP contribution in [0, 0.1) is 0 Å². The number of fused-ring (bicyclic) bond motifs is 2. The van der Waals surface area contributed by atoms with Crippen molar-refractivity contribution in [1.82, 2.24) is 5.32 Å². The van der Waals surface area contributed by atoms with Crippen molar-refractivity contribution >= 4 is 9.84 Å². The first kappa shape index (κ1) is 12.1. The zero-order valence-corrected chi connectivity index (χ0v) is 10.8. The van der Waals surface area contributed by atoms with Gasteiger partial charge in [-0.2, -0.15) is 0 Å². The SMILES string of the molecule is O=S(=O)(c1ccccc1)C1CC2CC[C@H](O)C1N2. The summed E-state index contributed by atoms with van der Waals surface area (Å²) >= 11 is 0. The molecule has 0 amide bonds. The Morgan fingerprint density at radius 1 is 1.17 bits per heavy atom. The summed E-state index contributed by atoms with van der Waals surface area (Å²) in [5, 5.41) is 12.7. The molecule has 98 valence electrons. The predicted octanol–water partition coefficient (Wildman–Crippen LogP) is 0.714. The van der Waals surface area contributed by atoms with Gasteiger partial charge in [-0.1, -0.05) is 18.2 Å². The normalized spacial score (nSPS) is 35.6. The summed E-state index contributed by atoms with van der Waals surface area (Å²) in [5.74, 6) is 0. The number of aliphatic hydroxyl groups is 1. The van der Waals surface area contributed by atoms with Crippen molar-refractivity contribution in [2.75, 3.05) is 0 Å². The van der Waals surface area contributed by atoms with Crippen molar-refractivity contribution < 1.29 is 13.5 Å². The zero-order chi connectivity index (χ0) is 12.8. The van der Waals surface area contributed by atoms with Crippen LogP contribution in [0.2, 0.25) is 0 Å². The molecule has 2 aliphatic heterocycles. The van der Waals surface area contributed by atoms with E-state index in [0.29, 0.717) is 17.7 Å². The van der Waals surface area contributed by atoms with Gasteiger partial charge < -0.3 is 10.4 Å². The van der Waals surface area contributed by atoms with E-state index in [-0.39, 0.29) is 12.1 Å². The highest BCUT2D eigenvalue weighted by molar-refractivity contribution is 7.92. The van der Waals surface area contributed by atoms with Crippen LogP contribution in [-0.4, -0.2) is 37.0 Å². The van der Waals surface area contributed by atoms with Crippen molar-refractivity contribution in [1.29, 1.82) is 0 Å². The van der Waals surface area contributed by atoms with E-state index >= 15 is 0 Å². The van der Waals surface area contributed by atoms with Gasteiger partial charge in [-0.05, 0) is 31.4 Å². The molecule has 2 saturated heterocycles. The van der Waals surface area contributed by atoms with Crippen molar-refractivity contribution in [3.8, 4) is 0 Å². The molecule has 1 aromatic rings. The molecule has 2 aliphatic rings. The predicted molar refractivity (Wildman–Crippen MR) is 68.0 cm³/mol. The third kappa shape index (κ3) is 1.86. The smallest absolute Gasteiger partial charge is 0.182 e. The third-order valence-electron chi connectivity index (χ3n) is 4.04. The summed E-state index contributed by atoms with van der Waals surface area (Å²) in [4.78, 5) is 0.358. The van der Waals surface area contributed by atoms with Gasteiger partial charge in [0, 0.05) is 6.04 Å². The van der Waals surface area contributed by atoms with Crippen LogP contribution in [0.4, 0.5) is 0 Å². The number of sulfone groups is 1. The molecule has 1 aromatic carbocycles. The highest BCUT2D eigenvalue weighted by Gasteiger charge is 2.48. The molecule has 4 atom stereocenters. The van der Waals surface area contributed by atoms with Crippen LogP contribution in [0.3, 0.4) is 0 Å². The molecule has 3 unspecified atom stereocenters. The van der Waals surface area contributed by atoms with Gasteiger partial charge in [-0.3, -0.25) is 0 Å². The minimum Gasteiger partial charge on any atom is -0.391 e. The Bertz CT molecular complexity index is 528. The van der Waals surface area contributed by atoms with Gasteiger partial charge in [0.15, 0.2) is 9.84 Å². The second-order valence-electron chi connectivity index (χ2n) is 5.17. The number of rotatable bonds is 2. The van der Waals surface area contributed by atoms with Crippen molar-refractivity contribution in [2.45, 2.75) is 47.6 Å². The Balaban J connectivity index is 1.96. The molecule has 0 saturated carbocycles. The van der Waals surface area contributed by atoms with Gasteiger partial charge in [0.25, 0.3) is 0 Å². The highest BCUT2D eigenvalue weighted by Crippen LogP contribution is 2.34. The summed E-state index contributed by atoms with van der Waals surface area (Å²) in [6, 6.07) is 8.46. The first-order valence-corrected chi connectivity index (χ1v) is 7.87. The van der Waals surface area contributed by atoms with Gasteiger partial charge in [0.05, 0.1) is 22.3 Å². The van der Waals surface area contributed by atoms with E-state index < -0.39 is 21.2 Å². The number of piperidine rings is 1. The maximum absolute atomic E-state index is 12.6. The minimum absolute atomic E-state index is 0.238. The molecule has 4 nitrogen and oxygen atoms in total. The molecule has 0 spiro atoms. The fourth-order valence-corrected chi connectivity index (χ4v) is 5.11.